The fraction of sp³-hybridized carbons (Fsp3) is 0.273. The van der Waals surface area contributed by atoms with Gasteiger partial charge in [-0.15, -0.1) is 0 Å². The number of benzene rings is 2. The fourth-order valence-electron chi connectivity index (χ4n) is 2.75. The first-order chi connectivity index (χ1) is 15.2. The number of nitrogens with one attached hydrogen (secondary N) is 1. The number of ether oxygens (including phenoxy) is 3. The van der Waals surface area contributed by atoms with Crippen molar-refractivity contribution in [1.29, 1.82) is 0 Å². The summed E-state index contributed by atoms with van der Waals surface area (Å²) in [5.41, 5.74) is 4.08. The van der Waals surface area contributed by atoms with Crippen molar-refractivity contribution in [2.24, 2.45) is 5.10 Å². The minimum Gasteiger partial charge on any atom is -0.495 e. The molecule has 0 aliphatic rings. The van der Waals surface area contributed by atoms with Crippen LogP contribution in [0.2, 0.25) is 0 Å². The first kappa shape index (κ1) is 24.7. The third kappa shape index (κ3) is 6.74. The van der Waals surface area contributed by atoms with Gasteiger partial charge < -0.3 is 14.2 Å². The molecule has 32 heavy (non-hydrogen) atoms. The number of carbonyl (C=O) groups is 1. The van der Waals surface area contributed by atoms with Gasteiger partial charge in [0.1, 0.15) is 18.9 Å². The Morgan fingerprint density at radius 1 is 1.12 bits per heavy atom. The lowest BCUT2D eigenvalue weighted by atomic mass is 10.2. The molecule has 2 rings (SSSR count). The first-order valence-electron chi connectivity index (χ1n) is 9.55. The van der Waals surface area contributed by atoms with Crippen LogP contribution >= 0.6 is 0 Å². The van der Waals surface area contributed by atoms with E-state index in [9.17, 15) is 13.2 Å². The quantitative estimate of drug-likeness (QED) is 0.313. The number of carbonyl (C=O) groups excluding carboxylic acids is 1. The summed E-state index contributed by atoms with van der Waals surface area (Å²) in [7, 11) is -0.814. The van der Waals surface area contributed by atoms with Crippen LogP contribution in [0, 0.1) is 6.92 Å². The molecule has 0 atom stereocenters. The van der Waals surface area contributed by atoms with Gasteiger partial charge in [-0.3, -0.25) is 9.10 Å². The summed E-state index contributed by atoms with van der Waals surface area (Å²) in [5.74, 6) is 0.762. The van der Waals surface area contributed by atoms with Gasteiger partial charge in [0, 0.05) is 0 Å². The number of hydrazone groups is 1. The zero-order valence-corrected chi connectivity index (χ0v) is 19.3. The molecule has 10 heteroatoms. The van der Waals surface area contributed by atoms with Gasteiger partial charge in [-0.2, -0.15) is 5.10 Å². The molecule has 2 aromatic rings. The van der Waals surface area contributed by atoms with Crippen LogP contribution in [0.25, 0.3) is 0 Å². The van der Waals surface area contributed by atoms with E-state index in [0.717, 1.165) is 16.1 Å². The van der Waals surface area contributed by atoms with Crippen LogP contribution in [-0.4, -0.2) is 54.2 Å². The minimum atomic E-state index is -3.76. The second kappa shape index (κ2) is 11.2. The predicted octanol–water partition coefficient (Wildman–Crippen LogP) is 2.49. The van der Waals surface area contributed by atoms with Gasteiger partial charge >= 0.3 is 0 Å². The average molecular weight is 462 g/mol. The number of hydrogen-bond acceptors (Lipinski definition) is 7. The summed E-state index contributed by atoms with van der Waals surface area (Å²) in [6, 6.07) is 10.2. The van der Waals surface area contributed by atoms with Gasteiger partial charge in [0.2, 0.25) is 10.0 Å². The van der Waals surface area contributed by atoms with Crippen molar-refractivity contribution >= 4 is 27.8 Å². The summed E-state index contributed by atoms with van der Waals surface area (Å²) in [6.45, 7) is 5.29. The zero-order chi connectivity index (χ0) is 23.7. The van der Waals surface area contributed by atoms with Crippen molar-refractivity contribution in [2.75, 3.05) is 37.9 Å². The number of aryl methyl sites for hydroxylation is 1. The molecule has 0 aromatic heterocycles. The van der Waals surface area contributed by atoms with E-state index in [1.165, 1.54) is 20.4 Å². The topological polar surface area (TPSA) is 107 Å². The number of anilines is 1. The Morgan fingerprint density at radius 2 is 1.81 bits per heavy atom. The fourth-order valence-corrected chi connectivity index (χ4v) is 3.60. The Labute approximate surface area is 188 Å². The minimum absolute atomic E-state index is 0.272. The van der Waals surface area contributed by atoms with Crippen LogP contribution in [0.1, 0.15) is 11.1 Å². The van der Waals surface area contributed by atoms with Crippen LogP contribution in [0.4, 0.5) is 5.69 Å². The summed E-state index contributed by atoms with van der Waals surface area (Å²) < 4.78 is 41.7. The number of amides is 1. The molecule has 0 aliphatic heterocycles. The zero-order valence-electron chi connectivity index (χ0n) is 18.5. The van der Waals surface area contributed by atoms with E-state index < -0.39 is 22.5 Å². The van der Waals surface area contributed by atoms with Gasteiger partial charge in [-0.05, 0) is 48.4 Å². The number of rotatable bonds is 11. The van der Waals surface area contributed by atoms with E-state index in [0.29, 0.717) is 29.4 Å². The van der Waals surface area contributed by atoms with Crippen molar-refractivity contribution in [1.82, 2.24) is 5.43 Å². The molecule has 0 aliphatic carbocycles. The van der Waals surface area contributed by atoms with Gasteiger partial charge in [-0.25, -0.2) is 13.8 Å². The summed E-state index contributed by atoms with van der Waals surface area (Å²) in [6.07, 6.45) is 4.06. The Kier molecular flexibility index (Phi) is 8.65. The van der Waals surface area contributed by atoms with E-state index in [1.807, 2.05) is 6.92 Å². The van der Waals surface area contributed by atoms with E-state index in [2.05, 4.69) is 17.1 Å². The number of nitrogens with zero attached hydrogens (tertiary/aromatic N) is 2. The van der Waals surface area contributed by atoms with Crippen LogP contribution in [0.5, 0.6) is 17.2 Å². The maximum Gasteiger partial charge on any atom is 0.260 e. The standard InChI is InChI=1S/C22H27N3O6S/c1-6-11-31-20-10-8-17(13-21(20)30-4)14-23-24-22(26)15-25(32(5,27)28)18-12-16(2)7-9-19(18)29-3/h6-10,12-14H,1,11,15H2,2-5H3,(H,24,26)/b23-14-. The monoisotopic (exact) mass is 461 g/mol. The Morgan fingerprint density at radius 3 is 2.44 bits per heavy atom. The second-order valence-corrected chi connectivity index (χ2v) is 8.65. The SMILES string of the molecule is C=CCOc1ccc(/C=N\NC(=O)CN(c2cc(C)ccc2OC)S(C)(=O)=O)cc1OC. The van der Waals surface area contributed by atoms with Gasteiger partial charge in [0.05, 0.1) is 32.4 Å². The van der Waals surface area contributed by atoms with Crippen molar-refractivity contribution in [2.45, 2.75) is 6.92 Å². The van der Waals surface area contributed by atoms with Crippen molar-refractivity contribution in [3.05, 3.63) is 60.2 Å². The number of methoxy groups -OCH3 is 2. The average Bonchev–Trinajstić information content (AvgIpc) is 2.75. The predicted molar refractivity (Wildman–Crippen MR) is 124 cm³/mol. The normalized spacial score (nSPS) is 11.1. The Balaban J connectivity index is 2.14. The van der Waals surface area contributed by atoms with Crippen LogP contribution < -0.4 is 23.9 Å². The Bertz CT molecular complexity index is 1100. The molecule has 0 heterocycles. The highest BCUT2D eigenvalue weighted by molar-refractivity contribution is 7.92. The van der Waals surface area contributed by atoms with E-state index in [4.69, 9.17) is 14.2 Å². The molecule has 0 saturated heterocycles. The third-order valence-electron chi connectivity index (χ3n) is 4.24. The van der Waals surface area contributed by atoms with Gasteiger partial charge in [-0.1, -0.05) is 18.7 Å². The molecule has 2 aromatic carbocycles. The molecule has 0 saturated carbocycles. The molecule has 0 spiro atoms. The molecule has 9 nitrogen and oxygen atoms in total. The van der Waals surface area contributed by atoms with Gasteiger partial charge in [0.25, 0.3) is 5.91 Å². The molecular formula is C22H27N3O6S. The highest BCUT2D eigenvalue weighted by Crippen LogP contribution is 2.31. The molecule has 1 amide bonds. The largest absolute Gasteiger partial charge is 0.495 e. The highest BCUT2D eigenvalue weighted by atomic mass is 32.2. The van der Waals surface area contributed by atoms with Crippen LogP contribution in [-0.2, 0) is 14.8 Å². The molecular weight excluding hydrogens is 434 g/mol. The summed E-state index contributed by atoms with van der Waals surface area (Å²) in [5, 5.41) is 3.91. The lowest BCUT2D eigenvalue weighted by Crippen LogP contribution is -2.39. The first-order valence-corrected chi connectivity index (χ1v) is 11.4. The molecule has 172 valence electrons. The second-order valence-electron chi connectivity index (χ2n) is 6.75. The maximum atomic E-state index is 12.4. The number of hydrogen-bond donors (Lipinski definition) is 1. The van der Waals surface area contributed by atoms with E-state index in [1.54, 1.807) is 42.5 Å². The van der Waals surface area contributed by atoms with Crippen molar-refractivity contribution < 1.29 is 27.4 Å². The molecule has 0 fully saturated rings. The summed E-state index contributed by atoms with van der Waals surface area (Å²) >= 11 is 0. The molecule has 0 bridgehead atoms. The van der Waals surface area contributed by atoms with Crippen LogP contribution in [0.3, 0.4) is 0 Å². The number of sulfonamides is 1. The molecule has 0 radical (unpaired) electrons. The molecule has 1 N–H and O–H groups in total. The lowest BCUT2D eigenvalue weighted by molar-refractivity contribution is -0.119. The van der Waals surface area contributed by atoms with E-state index in [-0.39, 0.29) is 5.69 Å². The smallest absolute Gasteiger partial charge is 0.260 e. The van der Waals surface area contributed by atoms with Gasteiger partial charge in [0.15, 0.2) is 11.5 Å². The molecule has 0 unspecified atom stereocenters. The van der Waals surface area contributed by atoms with E-state index >= 15 is 0 Å². The maximum absolute atomic E-state index is 12.4. The third-order valence-corrected chi connectivity index (χ3v) is 5.36. The van der Waals surface area contributed by atoms with Crippen molar-refractivity contribution in [3.8, 4) is 17.2 Å². The lowest BCUT2D eigenvalue weighted by Gasteiger charge is -2.23. The highest BCUT2D eigenvalue weighted by Gasteiger charge is 2.24. The summed E-state index contributed by atoms with van der Waals surface area (Å²) in [4.78, 5) is 12.4. The van der Waals surface area contributed by atoms with Crippen molar-refractivity contribution in [3.63, 3.8) is 0 Å². The Hall–Kier alpha value is -3.53. The van der Waals surface area contributed by atoms with Crippen LogP contribution in [0.15, 0.2) is 54.2 Å².